The largest absolute Gasteiger partial charge is 0.294 e. The Hall–Kier alpha value is -0.800. The molecular weight excluding hydrogens is 244 g/mol. The van der Waals surface area contributed by atoms with Crippen molar-refractivity contribution in [1.82, 2.24) is 0 Å². The van der Waals surface area contributed by atoms with Crippen LogP contribution in [0, 0.1) is 0 Å². The molecule has 0 aliphatic heterocycles. The summed E-state index contributed by atoms with van der Waals surface area (Å²) in [7, 11) is 0. The van der Waals surface area contributed by atoms with Gasteiger partial charge >= 0.3 is 0 Å². The summed E-state index contributed by atoms with van der Waals surface area (Å²) >= 11 is 9.77. The fourth-order valence-corrected chi connectivity index (χ4v) is 1.80. The molecule has 1 aromatic rings. The van der Waals surface area contributed by atoms with Crippen LogP contribution in [0.5, 0.6) is 0 Å². The molecule has 0 heterocycles. The summed E-state index contributed by atoms with van der Waals surface area (Å²) in [6.45, 7) is 3.54. The van der Waals surface area contributed by atoms with E-state index < -0.39 is 0 Å². The monoisotopic (exact) mass is 256 g/mol. The minimum absolute atomic E-state index is 0.00130. The zero-order valence-electron chi connectivity index (χ0n) is 9.16. The predicted octanol–water partition coefficient (Wildman–Crippen LogP) is 3.49. The quantitative estimate of drug-likeness (QED) is 0.661. The Bertz CT molecular complexity index is 429. The highest BCUT2D eigenvalue weighted by Gasteiger charge is 2.15. The Morgan fingerprint density at radius 2 is 2.06 bits per heavy atom. The lowest BCUT2D eigenvalue weighted by atomic mass is 9.99. The molecule has 0 amide bonds. The zero-order chi connectivity index (χ0) is 12.3. The van der Waals surface area contributed by atoms with Crippen LogP contribution in [0.1, 0.15) is 42.1 Å². The van der Waals surface area contributed by atoms with Crippen LogP contribution in [0.25, 0.3) is 0 Å². The first-order valence-electron chi connectivity index (χ1n) is 5.02. The van der Waals surface area contributed by atoms with Crippen LogP contribution in [0.2, 0.25) is 5.02 Å². The minimum atomic E-state index is -0.313. The van der Waals surface area contributed by atoms with Crippen molar-refractivity contribution in [3.8, 4) is 0 Å². The van der Waals surface area contributed by atoms with Gasteiger partial charge in [-0.25, -0.2) is 0 Å². The lowest BCUT2D eigenvalue weighted by Gasteiger charge is -2.09. The van der Waals surface area contributed by atoms with E-state index in [-0.39, 0.29) is 16.8 Å². The Balaban J connectivity index is 3.08. The van der Waals surface area contributed by atoms with E-state index in [1.54, 1.807) is 32.0 Å². The molecule has 0 radical (unpaired) electrons. The van der Waals surface area contributed by atoms with Crippen LogP contribution < -0.4 is 0 Å². The van der Waals surface area contributed by atoms with Gasteiger partial charge in [0.2, 0.25) is 0 Å². The first-order chi connectivity index (χ1) is 7.47. The van der Waals surface area contributed by atoms with Gasteiger partial charge in [0.25, 0.3) is 0 Å². The summed E-state index contributed by atoms with van der Waals surface area (Å²) in [5.74, 6) is -0.312. The van der Waals surface area contributed by atoms with Gasteiger partial charge in [-0.05, 0) is 17.7 Å². The second kappa shape index (κ2) is 5.51. The van der Waals surface area contributed by atoms with Crippen molar-refractivity contribution in [1.29, 1.82) is 0 Å². The van der Waals surface area contributed by atoms with E-state index in [0.29, 0.717) is 17.0 Å². The Morgan fingerprint density at radius 1 is 1.44 bits per heavy atom. The fraction of sp³-hybridized carbons (Fsp3) is 0.333. The lowest BCUT2D eigenvalue weighted by molar-refractivity contribution is -0.111. The van der Waals surface area contributed by atoms with Crippen molar-refractivity contribution >= 4 is 35.1 Å². The van der Waals surface area contributed by atoms with Gasteiger partial charge in [-0.3, -0.25) is 9.59 Å². The summed E-state index contributed by atoms with van der Waals surface area (Å²) in [6, 6.07) is 5.06. The second-order valence-electron chi connectivity index (χ2n) is 3.58. The molecule has 1 aromatic carbocycles. The molecule has 0 aliphatic rings. The smallest absolute Gasteiger partial charge is 0.193 e. The molecule has 1 atom stereocenters. The third-order valence-corrected chi connectivity index (χ3v) is 3.19. The van der Waals surface area contributed by atoms with E-state index in [9.17, 15) is 9.59 Å². The molecular formula is C12H13ClO2S. The first kappa shape index (κ1) is 13.3. The number of hydrogen-bond acceptors (Lipinski definition) is 2. The maximum absolute atomic E-state index is 11.5. The topological polar surface area (TPSA) is 34.1 Å². The van der Waals surface area contributed by atoms with E-state index in [0.717, 1.165) is 5.56 Å². The standard InChI is InChI=1S/C12H13ClO2S/c1-3-11(14)9-5-4-8(6-10(9)13)7(2)12(15)16/h4-7H,3H2,1-2H3,(H,15,16). The van der Waals surface area contributed by atoms with Crippen molar-refractivity contribution in [2.24, 2.45) is 0 Å². The third-order valence-electron chi connectivity index (χ3n) is 2.49. The van der Waals surface area contributed by atoms with Crippen LogP contribution in [0.3, 0.4) is 0 Å². The predicted molar refractivity (Wildman–Crippen MR) is 68.5 cm³/mol. The summed E-state index contributed by atoms with van der Waals surface area (Å²) in [5.41, 5.74) is 1.28. The highest BCUT2D eigenvalue weighted by Crippen LogP contribution is 2.25. The number of Topliss-reactive ketones (excluding diaryl/α,β-unsaturated/α-hetero) is 1. The number of halogens is 1. The molecule has 0 fully saturated rings. The molecule has 0 saturated heterocycles. The summed E-state index contributed by atoms with van der Waals surface area (Å²) in [6.07, 6.45) is 0.417. The lowest BCUT2D eigenvalue weighted by Crippen LogP contribution is -2.04. The summed E-state index contributed by atoms with van der Waals surface area (Å²) in [5, 5.41) is 0.177. The van der Waals surface area contributed by atoms with Crippen molar-refractivity contribution in [3.63, 3.8) is 0 Å². The van der Waals surface area contributed by atoms with Crippen molar-refractivity contribution in [2.75, 3.05) is 0 Å². The van der Waals surface area contributed by atoms with E-state index in [2.05, 4.69) is 12.6 Å². The normalized spacial score (nSPS) is 12.2. The van der Waals surface area contributed by atoms with Gasteiger partial charge in [0, 0.05) is 12.0 Å². The van der Waals surface area contributed by atoms with Crippen molar-refractivity contribution in [3.05, 3.63) is 34.3 Å². The minimum Gasteiger partial charge on any atom is -0.294 e. The Kier molecular flexibility index (Phi) is 4.56. The molecule has 0 aliphatic carbocycles. The first-order valence-corrected chi connectivity index (χ1v) is 5.85. The molecule has 1 rings (SSSR count). The van der Waals surface area contributed by atoms with E-state index >= 15 is 0 Å². The zero-order valence-corrected chi connectivity index (χ0v) is 10.8. The molecule has 1 unspecified atom stereocenters. The highest BCUT2D eigenvalue weighted by atomic mass is 35.5. The van der Waals surface area contributed by atoms with Crippen LogP contribution in [0.15, 0.2) is 18.2 Å². The van der Waals surface area contributed by atoms with Gasteiger partial charge in [-0.1, -0.05) is 31.5 Å². The second-order valence-corrected chi connectivity index (χ2v) is 4.42. The van der Waals surface area contributed by atoms with Gasteiger partial charge in [0.15, 0.2) is 10.9 Å². The SMILES string of the molecule is CCC(=O)c1ccc(C(C)C(=O)S)cc1Cl. The van der Waals surface area contributed by atoms with Gasteiger partial charge < -0.3 is 0 Å². The number of hydrogen-bond donors (Lipinski definition) is 1. The molecule has 86 valence electrons. The molecule has 0 spiro atoms. The summed E-state index contributed by atoms with van der Waals surface area (Å²) < 4.78 is 0. The number of thiol groups is 1. The van der Waals surface area contributed by atoms with E-state index in [4.69, 9.17) is 11.6 Å². The van der Waals surface area contributed by atoms with Crippen molar-refractivity contribution < 1.29 is 9.59 Å². The number of carbonyl (C=O) groups excluding carboxylic acids is 2. The summed E-state index contributed by atoms with van der Waals surface area (Å²) in [4.78, 5) is 22.6. The van der Waals surface area contributed by atoms with Gasteiger partial charge in [-0.15, -0.1) is 12.6 Å². The molecule has 0 saturated carbocycles. The number of benzene rings is 1. The number of ketones is 1. The maximum Gasteiger partial charge on any atom is 0.193 e. The average Bonchev–Trinajstić information content (AvgIpc) is 2.26. The molecule has 16 heavy (non-hydrogen) atoms. The molecule has 4 heteroatoms. The number of rotatable bonds is 4. The number of carbonyl (C=O) groups is 2. The Labute approximate surface area is 105 Å². The van der Waals surface area contributed by atoms with E-state index in [1.165, 1.54) is 0 Å². The molecule has 0 bridgehead atoms. The van der Waals surface area contributed by atoms with Crippen molar-refractivity contribution in [2.45, 2.75) is 26.2 Å². The molecule has 2 nitrogen and oxygen atoms in total. The molecule has 0 N–H and O–H groups in total. The van der Waals surface area contributed by atoms with Gasteiger partial charge in [-0.2, -0.15) is 0 Å². The van der Waals surface area contributed by atoms with Gasteiger partial charge in [0.05, 0.1) is 10.9 Å². The third kappa shape index (κ3) is 2.86. The van der Waals surface area contributed by atoms with Crippen LogP contribution in [-0.2, 0) is 4.79 Å². The highest BCUT2D eigenvalue weighted by molar-refractivity contribution is 7.96. The van der Waals surface area contributed by atoms with Gasteiger partial charge in [0.1, 0.15) is 0 Å². The Morgan fingerprint density at radius 3 is 2.50 bits per heavy atom. The average molecular weight is 257 g/mol. The van der Waals surface area contributed by atoms with E-state index in [1.807, 2.05) is 0 Å². The molecule has 0 aromatic heterocycles. The van der Waals surface area contributed by atoms with Crippen LogP contribution in [0.4, 0.5) is 0 Å². The maximum atomic E-state index is 11.5. The van der Waals surface area contributed by atoms with Crippen LogP contribution >= 0.6 is 24.2 Å². The fourth-order valence-electron chi connectivity index (χ4n) is 1.36. The van der Waals surface area contributed by atoms with Crippen LogP contribution in [-0.4, -0.2) is 10.9 Å².